The van der Waals surface area contributed by atoms with Crippen LogP contribution >= 0.6 is 0 Å². The summed E-state index contributed by atoms with van der Waals surface area (Å²) in [5.41, 5.74) is 4.86. The first-order valence-corrected chi connectivity index (χ1v) is 7.53. The van der Waals surface area contributed by atoms with Crippen LogP contribution in [0.3, 0.4) is 0 Å². The van der Waals surface area contributed by atoms with Gasteiger partial charge in [-0.25, -0.2) is 0 Å². The quantitative estimate of drug-likeness (QED) is 0.736. The third-order valence-corrected chi connectivity index (χ3v) is 3.86. The Balaban J connectivity index is 1.94. The molecular weight excluding hydrogens is 258 g/mol. The summed E-state index contributed by atoms with van der Waals surface area (Å²) in [6.45, 7) is 5.22. The third kappa shape index (κ3) is 3.01. The van der Waals surface area contributed by atoms with Crippen LogP contribution in [0.5, 0.6) is 0 Å². The predicted octanol–water partition coefficient (Wildman–Crippen LogP) is 4.63. The fourth-order valence-electron chi connectivity index (χ4n) is 2.88. The molecule has 21 heavy (non-hydrogen) atoms. The molecular formula is C19H21NO. The van der Waals surface area contributed by atoms with Crippen molar-refractivity contribution < 1.29 is 4.42 Å². The van der Waals surface area contributed by atoms with E-state index < -0.39 is 0 Å². The molecule has 0 aliphatic rings. The second-order valence-corrected chi connectivity index (χ2v) is 5.49. The van der Waals surface area contributed by atoms with Crippen LogP contribution in [0.25, 0.3) is 11.0 Å². The van der Waals surface area contributed by atoms with Gasteiger partial charge in [0.05, 0.1) is 6.26 Å². The van der Waals surface area contributed by atoms with Gasteiger partial charge in [0.25, 0.3) is 0 Å². The van der Waals surface area contributed by atoms with E-state index in [1.54, 1.807) is 0 Å². The Bertz CT molecular complexity index is 729. The number of benzene rings is 2. The van der Waals surface area contributed by atoms with Crippen LogP contribution in [0.4, 0.5) is 0 Å². The molecule has 0 bridgehead atoms. The molecule has 1 atom stereocenters. The van der Waals surface area contributed by atoms with E-state index in [-0.39, 0.29) is 6.04 Å². The lowest BCUT2D eigenvalue weighted by Gasteiger charge is -2.17. The van der Waals surface area contributed by atoms with Crippen molar-refractivity contribution in [3.8, 4) is 0 Å². The first kappa shape index (κ1) is 13.9. The van der Waals surface area contributed by atoms with Crippen molar-refractivity contribution in [3.63, 3.8) is 0 Å². The first-order chi connectivity index (χ1) is 10.3. The summed E-state index contributed by atoms with van der Waals surface area (Å²) in [5.74, 6) is 0. The van der Waals surface area contributed by atoms with Crippen LogP contribution in [-0.4, -0.2) is 6.54 Å². The number of nitrogens with one attached hydrogen (secondary N) is 1. The summed E-state index contributed by atoms with van der Waals surface area (Å²) in [6, 6.07) is 17.2. The number of furan rings is 1. The first-order valence-electron chi connectivity index (χ1n) is 7.53. The van der Waals surface area contributed by atoms with E-state index in [2.05, 4.69) is 55.6 Å². The Morgan fingerprint density at radius 2 is 1.95 bits per heavy atom. The van der Waals surface area contributed by atoms with Crippen molar-refractivity contribution in [1.29, 1.82) is 0 Å². The average molecular weight is 279 g/mol. The molecule has 0 saturated carbocycles. The number of aryl methyl sites for hydroxylation is 1. The molecule has 1 heterocycles. The summed E-state index contributed by atoms with van der Waals surface area (Å²) < 4.78 is 5.70. The van der Waals surface area contributed by atoms with Gasteiger partial charge in [-0.2, -0.15) is 0 Å². The molecule has 1 N–H and O–H groups in total. The molecule has 3 aromatic rings. The van der Waals surface area contributed by atoms with Gasteiger partial charge in [0.1, 0.15) is 5.58 Å². The van der Waals surface area contributed by atoms with E-state index in [1.807, 2.05) is 18.4 Å². The monoisotopic (exact) mass is 279 g/mol. The molecule has 0 fully saturated rings. The summed E-state index contributed by atoms with van der Waals surface area (Å²) >= 11 is 0. The molecule has 1 unspecified atom stereocenters. The Labute approximate surface area is 125 Å². The number of likely N-dealkylation sites (N-methyl/N-ethyl adjacent to an activating group) is 1. The largest absolute Gasteiger partial charge is 0.464 e. The van der Waals surface area contributed by atoms with E-state index in [1.165, 1.54) is 22.1 Å². The normalized spacial score (nSPS) is 12.7. The molecule has 0 spiro atoms. The molecule has 108 valence electrons. The van der Waals surface area contributed by atoms with Crippen LogP contribution in [0.15, 0.2) is 59.2 Å². The molecule has 0 aliphatic carbocycles. The summed E-state index contributed by atoms with van der Waals surface area (Å²) in [4.78, 5) is 0. The lowest BCUT2D eigenvalue weighted by Crippen LogP contribution is -2.22. The van der Waals surface area contributed by atoms with Gasteiger partial charge in [-0.1, -0.05) is 55.0 Å². The number of rotatable bonds is 5. The molecule has 3 rings (SSSR count). The van der Waals surface area contributed by atoms with Crippen LogP contribution in [0.1, 0.15) is 29.7 Å². The molecule has 2 nitrogen and oxygen atoms in total. The standard InChI is InChI=1S/C19H21NO/c1-3-20-18(12-15-8-6-7-14(2)11-15)17-13-21-19-10-5-4-9-16(17)19/h4-11,13,18,20H,3,12H2,1-2H3. The van der Waals surface area contributed by atoms with Crippen molar-refractivity contribution in [1.82, 2.24) is 5.32 Å². The Kier molecular flexibility index (Phi) is 4.07. The van der Waals surface area contributed by atoms with Crippen LogP contribution in [-0.2, 0) is 6.42 Å². The van der Waals surface area contributed by atoms with Gasteiger partial charge < -0.3 is 9.73 Å². The smallest absolute Gasteiger partial charge is 0.134 e. The summed E-state index contributed by atoms with van der Waals surface area (Å²) in [6.07, 6.45) is 2.87. The third-order valence-electron chi connectivity index (χ3n) is 3.86. The minimum absolute atomic E-state index is 0.278. The SMILES string of the molecule is CCNC(Cc1cccc(C)c1)c1coc2ccccc12. The van der Waals surface area contributed by atoms with Crippen LogP contribution in [0.2, 0.25) is 0 Å². The predicted molar refractivity (Wildman–Crippen MR) is 87.5 cm³/mol. The molecule has 2 heteroatoms. The second-order valence-electron chi connectivity index (χ2n) is 5.49. The van der Waals surface area contributed by atoms with Gasteiger partial charge in [0, 0.05) is 17.0 Å². The highest BCUT2D eigenvalue weighted by Crippen LogP contribution is 2.28. The lowest BCUT2D eigenvalue weighted by molar-refractivity contribution is 0.535. The molecule has 2 aromatic carbocycles. The van der Waals surface area contributed by atoms with Gasteiger partial charge in [-0.15, -0.1) is 0 Å². The van der Waals surface area contributed by atoms with Gasteiger partial charge >= 0.3 is 0 Å². The highest BCUT2D eigenvalue weighted by Gasteiger charge is 2.16. The zero-order chi connectivity index (χ0) is 14.7. The maximum atomic E-state index is 5.70. The molecule has 0 saturated heterocycles. The van der Waals surface area contributed by atoms with Crippen molar-refractivity contribution in [2.24, 2.45) is 0 Å². The average Bonchev–Trinajstić information content (AvgIpc) is 2.91. The Morgan fingerprint density at radius 1 is 1.10 bits per heavy atom. The van der Waals surface area contributed by atoms with Gasteiger partial charge in [-0.05, 0) is 31.5 Å². The zero-order valence-corrected chi connectivity index (χ0v) is 12.6. The minimum atomic E-state index is 0.278. The topological polar surface area (TPSA) is 25.2 Å². The van der Waals surface area contributed by atoms with E-state index >= 15 is 0 Å². The molecule has 0 amide bonds. The van der Waals surface area contributed by atoms with Crippen LogP contribution in [0, 0.1) is 6.92 Å². The number of para-hydroxylation sites is 1. The maximum Gasteiger partial charge on any atom is 0.134 e. The number of hydrogen-bond acceptors (Lipinski definition) is 2. The Morgan fingerprint density at radius 3 is 2.76 bits per heavy atom. The highest BCUT2D eigenvalue weighted by atomic mass is 16.3. The van der Waals surface area contributed by atoms with E-state index in [9.17, 15) is 0 Å². The van der Waals surface area contributed by atoms with Crippen molar-refractivity contribution in [3.05, 3.63) is 71.5 Å². The van der Waals surface area contributed by atoms with E-state index in [0.29, 0.717) is 0 Å². The number of fused-ring (bicyclic) bond motifs is 1. The minimum Gasteiger partial charge on any atom is -0.464 e. The molecule has 0 aliphatic heterocycles. The van der Waals surface area contributed by atoms with Crippen molar-refractivity contribution in [2.45, 2.75) is 26.3 Å². The summed E-state index contributed by atoms with van der Waals surface area (Å²) in [5, 5.41) is 4.79. The maximum absolute atomic E-state index is 5.70. The van der Waals surface area contributed by atoms with Crippen molar-refractivity contribution >= 4 is 11.0 Å². The molecule has 0 radical (unpaired) electrons. The number of hydrogen-bond donors (Lipinski definition) is 1. The Hall–Kier alpha value is -2.06. The van der Waals surface area contributed by atoms with Crippen LogP contribution < -0.4 is 5.32 Å². The highest BCUT2D eigenvalue weighted by molar-refractivity contribution is 5.81. The van der Waals surface area contributed by atoms with Crippen molar-refractivity contribution in [2.75, 3.05) is 6.54 Å². The fraction of sp³-hybridized carbons (Fsp3) is 0.263. The molecule has 1 aromatic heterocycles. The zero-order valence-electron chi connectivity index (χ0n) is 12.6. The summed E-state index contributed by atoms with van der Waals surface area (Å²) in [7, 11) is 0. The van der Waals surface area contributed by atoms with Gasteiger partial charge in [0.15, 0.2) is 0 Å². The van der Waals surface area contributed by atoms with E-state index in [0.717, 1.165) is 18.5 Å². The fourth-order valence-corrected chi connectivity index (χ4v) is 2.88. The second kappa shape index (κ2) is 6.15. The van der Waals surface area contributed by atoms with Gasteiger partial charge in [0.2, 0.25) is 0 Å². The van der Waals surface area contributed by atoms with Gasteiger partial charge in [-0.3, -0.25) is 0 Å². The lowest BCUT2D eigenvalue weighted by atomic mass is 9.97. The van der Waals surface area contributed by atoms with E-state index in [4.69, 9.17) is 4.42 Å².